The Labute approximate surface area is 68.5 Å². The van der Waals surface area contributed by atoms with Crippen molar-refractivity contribution >= 4 is 10.8 Å². The van der Waals surface area contributed by atoms with Crippen LogP contribution in [0, 0.1) is 0 Å². The fourth-order valence-corrected chi connectivity index (χ4v) is 2.83. The average Bonchev–Trinajstić information content (AvgIpc) is 2.45. The standard InChI is InChI=1S/C7H12O3S/c8-11-5-1-7(2-6-11)9-3-4-10-7/h1-6H2. The van der Waals surface area contributed by atoms with Crippen molar-refractivity contribution in [3.05, 3.63) is 0 Å². The van der Waals surface area contributed by atoms with Crippen LogP contribution in [-0.4, -0.2) is 34.7 Å². The molecule has 0 radical (unpaired) electrons. The van der Waals surface area contributed by atoms with Gasteiger partial charge in [-0.15, -0.1) is 0 Å². The van der Waals surface area contributed by atoms with E-state index in [2.05, 4.69) is 0 Å². The predicted molar refractivity (Wildman–Crippen MR) is 41.7 cm³/mol. The van der Waals surface area contributed by atoms with Crippen LogP contribution in [0.2, 0.25) is 0 Å². The van der Waals surface area contributed by atoms with Gasteiger partial charge in [0, 0.05) is 35.1 Å². The number of rotatable bonds is 0. The molecule has 2 saturated heterocycles. The molecule has 11 heavy (non-hydrogen) atoms. The van der Waals surface area contributed by atoms with Gasteiger partial charge in [-0.05, 0) is 0 Å². The molecule has 1 spiro atoms. The second-order valence-corrected chi connectivity index (χ2v) is 4.65. The van der Waals surface area contributed by atoms with E-state index in [-0.39, 0.29) is 5.79 Å². The van der Waals surface area contributed by atoms with E-state index in [0.717, 1.165) is 24.3 Å². The highest BCUT2D eigenvalue weighted by atomic mass is 32.2. The molecule has 0 aliphatic carbocycles. The molecule has 2 aliphatic rings. The lowest BCUT2D eigenvalue weighted by molar-refractivity contribution is -0.161. The first-order valence-corrected chi connectivity index (χ1v) is 5.42. The lowest BCUT2D eigenvalue weighted by atomic mass is 10.1. The zero-order valence-electron chi connectivity index (χ0n) is 6.38. The van der Waals surface area contributed by atoms with Gasteiger partial charge < -0.3 is 9.47 Å². The fraction of sp³-hybridized carbons (Fsp3) is 1.00. The maximum Gasteiger partial charge on any atom is 0.170 e. The van der Waals surface area contributed by atoms with Gasteiger partial charge in [-0.2, -0.15) is 0 Å². The summed E-state index contributed by atoms with van der Waals surface area (Å²) in [5, 5.41) is 0. The molecule has 0 atom stereocenters. The second kappa shape index (κ2) is 2.84. The van der Waals surface area contributed by atoms with E-state index in [1.165, 1.54) is 0 Å². The first-order chi connectivity index (χ1) is 5.31. The molecule has 0 aromatic rings. The summed E-state index contributed by atoms with van der Waals surface area (Å²) in [5.74, 6) is 1.13. The van der Waals surface area contributed by atoms with Gasteiger partial charge in [0.05, 0.1) is 13.2 Å². The predicted octanol–water partition coefficient (Wildman–Crippen LogP) is 0.272. The summed E-state index contributed by atoms with van der Waals surface area (Å²) < 4.78 is 21.9. The Morgan fingerprint density at radius 1 is 1.09 bits per heavy atom. The summed E-state index contributed by atoms with van der Waals surface area (Å²) in [5.41, 5.74) is 0. The number of hydrogen-bond acceptors (Lipinski definition) is 3. The highest BCUT2D eigenvalue weighted by molar-refractivity contribution is 7.85. The molecule has 0 aromatic heterocycles. The van der Waals surface area contributed by atoms with Gasteiger partial charge in [0.15, 0.2) is 5.79 Å². The Kier molecular flexibility index (Phi) is 1.99. The van der Waals surface area contributed by atoms with Crippen molar-refractivity contribution in [2.45, 2.75) is 18.6 Å². The Bertz CT molecular complexity index is 163. The van der Waals surface area contributed by atoms with Crippen molar-refractivity contribution in [2.75, 3.05) is 24.7 Å². The lowest BCUT2D eigenvalue weighted by Crippen LogP contribution is -2.38. The van der Waals surface area contributed by atoms with Crippen LogP contribution < -0.4 is 0 Å². The van der Waals surface area contributed by atoms with E-state index >= 15 is 0 Å². The minimum Gasteiger partial charge on any atom is -0.347 e. The second-order valence-electron chi connectivity index (χ2n) is 2.96. The van der Waals surface area contributed by atoms with Gasteiger partial charge in [-0.25, -0.2) is 0 Å². The van der Waals surface area contributed by atoms with E-state index in [1.54, 1.807) is 0 Å². The van der Waals surface area contributed by atoms with Crippen LogP contribution in [0.5, 0.6) is 0 Å². The Morgan fingerprint density at radius 2 is 1.64 bits per heavy atom. The van der Waals surface area contributed by atoms with Gasteiger partial charge >= 0.3 is 0 Å². The minimum atomic E-state index is -0.622. The van der Waals surface area contributed by atoms with Crippen LogP contribution in [0.15, 0.2) is 0 Å². The third-order valence-electron chi connectivity index (χ3n) is 2.23. The number of ether oxygens (including phenoxy) is 2. The van der Waals surface area contributed by atoms with Crippen LogP contribution in [0.25, 0.3) is 0 Å². The highest BCUT2D eigenvalue weighted by Crippen LogP contribution is 2.30. The number of hydrogen-bond donors (Lipinski definition) is 0. The third-order valence-corrected chi connectivity index (χ3v) is 3.55. The van der Waals surface area contributed by atoms with Crippen molar-refractivity contribution < 1.29 is 13.7 Å². The van der Waals surface area contributed by atoms with Crippen LogP contribution in [0.1, 0.15) is 12.8 Å². The van der Waals surface area contributed by atoms with Crippen LogP contribution in [0.3, 0.4) is 0 Å². The van der Waals surface area contributed by atoms with E-state index in [1.807, 2.05) is 0 Å². The normalized spacial score (nSPS) is 31.3. The maximum atomic E-state index is 11.0. The van der Waals surface area contributed by atoms with Gasteiger partial charge in [-0.1, -0.05) is 0 Å². The summed E-state index contributed by atoms with van der Waals surface area (Å²) in [6.07, 6.45) is 1.61. The minimum absolute atomic E-state index is 0.339. The summed E-state index contributed by atoms with van der Waals surface area (Å²) in [4.78, 5) is 0. The molecule has 0 N–H and O–H groups in total. The zero-order valence-corrected chi connectivity index (χ0v) is 7.19. The van der Waals surface area contributed by atoms with Crippen molar-refractivity contribution in [1.82, 2.24) is 0 Å². The Balaban J connectivity index is 1.99. The van der Waals surface area contributed by atoms with Gasteiger partial charge in [0.2, 0.25) is 0 Å². The molecular formula is C7H12O3S. The molecule has 4 heteroatoms. The molecule has 2 heterocycles. The molecule has 0 saturated carbocycles. The van der Waals surface area contributed by atoms with E-state index < -0.39 is 10.8 Å². The Morgan fingerprint density at radius 3 is 2.18 bits per heavy atom. The first-order valence-electron chi connectivity index (χ1n) is 3.94. The fourth-order valence-electron chi connectivity index (χ4n) is 1.55. The monoisotopic (exact) mass is 176 g/mol. The van der Waals surface area contributed by atoms with Gasteiger partial charge in [0.1, 0.15) is 0 Å². The molecule has 2 aliphatic heterocycles. The van der Waals surface area contributed by atoms with Gasteiger partial charge in [0.25, 0.3) is 0 Å². The molecule has 3 nitrogen and oxygen atoms in total. The largest absolute Gasteiger partial charge is 0.347 e. The lowest BCUT2D eigenvalue weighted by Gasteiger charge is -2.30. The van der Waals surface area contributed by atoms with Crippen molar-refractivity contribution in [2.24, 2.45) is 0 Å². The Hall–Kier alpha value is 0.0700. The molecule has 64 valence electrons. The summed E-state index contributed by atoms with van der Waals surface area (Å²) in [6.45, 7) is 1.40. The summed E-state index contributed by atoms with van der Waals surface area (Å²) in [7, 11) is -0.622. The molecule has 2 rings (SSSR count). The molecule has 0 unspecified atom stereocenters. The summed E-state index contributed by atoms with van der Waals surface area (Å²) in [6, 6.07) is 0. The molecule has 0 aromatic carbocycles. The average molecular weight is 176 g/mol. The quantitative estimate of drug-likeness (QED) is 0.531. The van der Waals surface area contributed by atoms with Crippen molar-refractivity contribution in [3.63, 3.8) is 0 Å². The first kappa shape index (κ1) is 7.71. The van der Waals surface area contributed by atoms with Gasteiger partial charge in [-0.3, -0.25) is 4.21 Å². The van der Waals surface area contributed by atoms with Crippen LogP contribution in [-0.2, 0) is 20.3 Å². The van der Waals surface area contributed by atoms with Crippen molar-refractivity contribution in [3.8, 4) is 0 Å². The van der Waals surface area contributed by atoms with Crippen LogP contribution >= 0.6 is 0 Å². The van der Waals surface area contributed by atoms with Crippen molar-refractivity contribution in [1.29, 1.82) is 0 Å². The molecular weight excluding hydrogens is 164 g/mol. The maximum absolute atomic E-state index is 11.0. The smallest absolute Gasteiger partial charge is 0.170 e. The van der Waals surface area contributed by atoms with E-state index in [0.29, 0.717) is 13.2 Å². The SMILES string of the molecule is O=S1CCC2(CC1)OCCO2. The third kappa shape index (κ3) is 1.48. The van der Waals surface area contributed by atoms with Crippen LogP contribution in [0.4, 0.5) is 0 Å². The molecule has 0 amide bonds. The van der Waals surface area contributed by atoms with E-state index in [4.69, 9.17) is 9.47 Å². The summed E-state index contributed by atoms with van der Waals surface area (Å²) >= 11 is 0. The molecule has 2 fully saturated rings. The zero-order chi connectivity index (χ0) is 7.73. The topological polar surface area (TPSA) is 35.5 Å². The molecule has 0 bridgehead atoms. The van der Waals surface area contributed by atoms with E-state index in [9.17, 15) is 4.21 Å². The highest BCUT2D eigenvalue weighted by Gasteiger charge is 2.39.